The Morgan fingerprint density at radius 2 is 2.29 bits per heavy atom. The van der Waals surface area contributed by atoms with Gasteiger partial charge in [-0.3, -0.25) is 5.41 Å². The molecule has 0 saturated heterocycles. The van der Waals surface area contributed by atoms with Crippen molar-refractivity contribution in [2.45, 2.75) is 10.1 Å². The first-order valence-electron chi connectivity index (χ1n) is 4.62. The smallest absolute Gasteiger partial charge is 0.213 e. The van der Waals surface area contributed by atoms with Crippen LogP contribution in [0.25, 0.3) is 0 Å². The normalized spacial score (nSPS) is 10.5. The van der Waals surface area contributed by atoms with Crippen LogP contribution >= 0.6 is 23.4 Å². The molecule has 0 amide bonds. The molecule has 0 aliphatic heterocycles. The average Bonchev–Trinajstić information content (AvgIpc) is 2.67. The lowest BCUT2D eigenvalue weighted by Crippen LogP contribution is -2.10. The molecule has 1 aromatic carbocycles. The molecule has 17 heavy (non-hydrogen) atoms. The number of benzene rings is 1. The molecule has 0 spiro atoms. The molecule has 0 saturated carbocycles. The lowest BCUT2D eigenvalue weighted by Gasteiger charge is -2.04. The van der Waals surface area contributed by atoms with Crippen molar-refractivity contribution < 1.29 is 0 Å². The Morgan fingerprint density at radius 1 is 1.53 bits per heavy atom. The van der Waals surface area contributed by atoms with Gasteiger partial charge in [0, 0.05) is 17.5 Å². The SMILES string of the molecule is Cn1nnnc1Sc1ccc(C(=N)N)cc1Cl. The van der Waals surface area contributed by atoms with E-state index in [-0.39, 0.29) is 5.84 Å². The summed E-state index contributed by atoms with van der Waals surface area (Å²) in [5.41, 5.74) is 5.97. The third-order valence-corrected chi connectivity index (χ3v) is 3.55. The molecular weight excluding hydrogens is 260 g/mol. The van der Waals surface area contributed by atoms with Gasteiger partial charge in [-0.25, -0.2) is 4.68 Å². The Hall–Kier alpha value is -1.60. The molecule has 1 heterocycles. The summed E-state index contributed by atoms with van der Waals surface area (Å²) in [6, 6.07) is 5.18. The summed E-state index contributed by atoms with van der Waals surface area (Å²) >= 11 is 7.44. The Labute approximate surface area is 107 Å². The first kappa shape index (κ1) is 11.9. The maximum atomic E-state index is 7.31. The summed E-state index contributed by atoms with van der Waals surface area (Å²) in [4.78, 5) is 0.814. The van der Waals surface area contributed by atoms with Crippen LogP contribution in [0.3, 0.4) is 0 Å². The van der Waals surface area contributed by atoms with Crippen molar-refractivity contribution in [3.63, 3.8) is 0 Å². The molecule has 6 nitrogen and oxygen atoms in total. The van der Waals surface area contributed by atoms with Gasteiger partial charge in [-0.05, 0) is 34.3 Å². The average molecular weight is 269 g/mol. The van der Waals surface area contributed by atoms with Crippen LogP contribution in [0.2, 0.25) is 5.02 Å². The van der Waals surface area contributed by atoms with Crippen LogP contribution in [0, 0.1) is 5.41 Å². The third-order valence-electron chi connectivity index (χ3n) is 2.03. The van der Waals surface area contributed by atoms with Gasteiger partial charge in [-0.1, -0.05) is 17.7 Å². The minimum Gasteiger partial charge on any atom is -0.384 e. The molecule has 8 heteroatoms. The van der Waals surface area contributed by atoms with Gasteiger partial charge >= 0.3 is 0 Å². The van der Waals surface area contributed by atoms with Gasteiger partial charge in [0.2, 0.25) is 5.16 Å². The molecule has 0 aliphatic carbocycles. The standard InChI is InChI=1S/C9H9ClN6S/c1-16-9(13-14-15-16)17-7-3-2-5(8(11)12)4-6(7)10/h2-4H,1H3,(H3,11,12). The molecule has 2 rings (SSSR count). The van der Waals surface area contributed by atoms with E-state index < -0.39 is 0 Å². The van der Waals surface area contributed by atoms with Crippen LogP contribution in [-0.4, -0.2) is 26.0 Å². The number of halogens is 1. The van der Waals surface area contributed by atoms with Gasteiger partial charge in [0.05, 0.1) is 5.02 Å². The lowest BCUT2D eigenvalue weighted by molar-refractivity contribution is 0.664. The van der Waals surface area contributed by atoms with Gasteiger partial charge in [-0.2, -0.15) is 0 Å². The number of nitrogens with two attached hydrogens (primary N) is 1. The summed E-state index contributed by atoms with van der Waals surface area (Å²) < 4.78 is 1.56. The molecular formula is C9H9ClN6S. The number of nitrogens with zero attached hydrogens (tertiary/aromatic N) is 4. The van der Waals surface area contributed by atoms with Crippen molar-refractivity contribution in [3.8, 4) is 0 Å². The minimum absolute atomic E-state index is 0.0104. The fourth-order valence-electron chi connectivity index (χ4n) is 1.16. The fraction of sp³-hybridized carbons (Fsp3) is 0.111. The van der Waals surface area contributed by atoms with Crippen molar-refractivity contribution in [2.24, 2.45) is 12.8 Å². The molecule has 0 aliphatic rings. The molecule has 0 radical (unpaired) electrons. The largest absolute Gasteiger partial charge is 0.384 e. The van der Waals surface area contributed by atoms with Gasteiger partial charge in [-0.15, -0.1) is 5.10 Å². The highest BCUT2D eigenvalue weighted by molar-refractivity contribution is 7.99. The van der Waals surface area contributed by atoms with E-state index in [4.69, 9.17) is 22.7 Å². The van der Waals surface area contributed by atoms with Gasteiger partial charge in [0.1, 0.15) is 5.84 Å². The molecule has 88 valence electrons. The topological polar surface area (TPSA) is 93.5 Å². The van der Waals surface area contributed by atoms with Crippen molar-refractivity contribution >= 4 is 29.2 Å². The summed E-state index contributed by atoms with van der Waals surface area (Å²) in [6.45, 7) is 0. The van der Waals surface area contributed by atoms with Crippen LogP contribution < -0.4 is 5.73 Å². The first-order valence-corrected chi connectivity index (χ1v) is 5.81. The Bertz CT molecular complexity index is 566. The van der Waals surface area contributed by atoms with E-state index in [0.29, 0.717) is 15.7 Å². The molecule has 0 fully saturated rings. The van der Waals surface area contributed by atoms with Crippen molar-refractivity contribution in [1.29, 1.82) is 5.41 Å². The van der Waals surface area contributed by atoms with Crippen LogP contribution in [0.1, 0.15) is 5.56 Å². The summed E-state index contributed by atoms with van der Waals surface area (Å²) in [7, 11) is 1.75. The first-order chi connectivity index (χ1) is 8.08. The van der Waals surface area contributed by atoms with Crippen LogP contribution in [0.4, 0.5) is 0 Å². The number of aromatic nitrogens is 4. The fourth-order valence-corrected chi connectivity index (χ4v) is 2.19. The minimum atomic E-state index is -0.0104. The highest BCUT2D eigenvalue weighted by Crippen LogP contribution is 2.31. The Kier molecular flexibility index (Phi) is 3.30. The maximum absolute atomic E-state index is 7.31. The predicted molar refractivity (Wildman–Crippen MR) is 65.4 cm³/mol. The number of tetrazole rings is 1. The molecule has 2 aromatic rings. The number of hydrogen-bond donors (Lipinski definition) is 2. The zero-order valence-corrected chi connectivity index (χ0v) is 10.5. The van der Waals surface area contributed by atoms with Crippen molar-refractivity contribution in [3.05, 3.63) is 28.8 Å². The second-order valence-corrected chi connectivity index (χ2v) is 4.66. The number of amidine groups is 1. The summed E-state index contributed by atoms with van der Waals surface area (Å²) in [6.07, 6.45) is 0. The zero-order chi connectivity index (χ0) is 12.4. The summed E-state index contributed by atoms with van der Waals surface area (Å²) in [5, 5.41) is 19.6. The second kappa shape index (κ2) is 4.72. The second-order valence-electron chi connectivity index (χ2n) is 3.25. The van der Waals surface area contributed by atoms with E-state index in [9.17, 15) is 0 Å². The monoisotopic (exact) mass is 268 g/mol. The predicted octanol–water partition coefficient (Wildman–Crippen LogP) is 1.30. The number of nitrogen functional groups attached to an aromatic ring is 1. The van der Waals surface area contributed by atoms with Crippen molar-refractivity contribution in [1.82, 2.24) is 20.2 Å². The molecule has 3 N–H and O–H groups in total. The van der Waals surface area contributed by atoms with Crippen LogP contribution in [0.5, 0.6) is 0 Å². The van der Waals surface area contributed by atoms with Crippen LogP contribution in [-0.2, 0) is 7.05 Å². The number of hydrogen-bond acceptors (Lipinski definition) is 5. The van der Waals surface area contributed by atoms with Crippen molar-refractivity contribution in [2.75, 3.05) is 0 Å². The number of aryl methyl sites for hydroxylation is 1. The highest BCUT2D eigenvalue weighted by Gasteiger charge is 2.09. The van der Waals surface area contributed by atoms with E-state index in [1.807, 2.05) is 0 Å². The molecule has 0 unspecified atom stereocenters. The van der Waals surface area contributed by atoms with Crippen LogP contribution in [0.15, 0.2) is 28.3 Å². The highest BCUT2D eigenvalue weighted by atomic mass is 35.5. The molecule has 0 bridgehead atoms. The van der Waals surface area contributed by atoms with Gasteiger partial charge in [0.25, 0.3) is 0 Å². The zero-order valence-electron chi connectivity index (χ0n) is 8.88. The Morgan fingerprint density at radius 3 is 2.82 bits per heavy atom. The van der Waals surface area contributed by atoms with E-state index >= 15 is 0 Å². The Balaban J connectivity index is 2.29. The van der Waals surface area contributed by atoms with E-state index in [2.05, 4.69) is 15.5 Å². The molecule has 0 atom stereocenters. The third kappa shape index (κ3) is 2.56. The van der Waals surface area contributed by atoms with Gasteiger partial charge in [0.15, 0.2) is 0 Å². The number of rotatable bonds is 3. The number of nitrogens with one attached hydrogen (secondary N) is 1. The quantitative estimate of drug-likeness (QED) is 0.646. The van der Waals surface area contributed by atoms with E-state index in [1.165, 1.54) is 11.8 Å². The lowest BCUT2D eigenvalue weighted by atomic mass is 10.2. The van der Waals surface area contributed by atoms with E-state index in [1.54, 1.807) is 29.9 Å². The summed E-state index contributed by atoms with van der Waals surface area (Å²) in [5.74, 6) is -0.0104. The van der Waals surface area contributed by atoms with E-state index in [0.717, 1.165) is 4.90 Å². The maximum Gasteiger partial charge on any atom is 0.213 e. The van der Waals surface area contributed by atoms with Gasteiger partial charge < -0.3 is 5.73 Å². The molecule has 1 aromatic heterocycles.